The Morgan fingerprint density at radius 3 is 2.31 bits per heavy atom. The number of carbonyl (C=O) groups is 3. The molecule has 1 aliphatic heterocycles. The van der Waals surface area contributed by atoms with Crippen molar-refractivity contribution >= 4 is 23.4 Å². The molecule has 1 saturated heterocycles. The molecule has 3 rings (SSSR count). The molecule has 0 aliphatic carbocycles. The SMILES string of the molecule is Cc1ccc(C(=O)N2CCC(c3ccc(C#N)cc3)CC2)cc1NC(=O)CNCC(=O)NC(C)C. The van der Waals surface area contributed by atoms with Crippen LogP contribution in [0.3, 0.4) is 0 Å². The first kappa shape index (κ1) is 25.9. The van der Waals surface area contributed by atoms with E-state index in [1.165, 1.54) is 5.56 Å². The van der Waals surface area contributed by atoms with Crippen LogP contribution in [-0.2, 0) is 9.59 Å². The Morgan fingerprint density at radius 2 is 1.69 bits per heavy atom. The van der Waals surface area contributed by atoms with Crippen LogP contribution in [0.4, 0.5) is 5.69 Å². The van der Waals surface area contributed by atoms with Crippen molar-refractivity contribution in [3.05, 3.63) is 64.7 Å². The van der Waals surface area contributed by atoms with E-state index in [0.717, 1.165) is 18.4 Å². The minimum atomic E-state index is -0.279. The first-order valence-electron chi connectivity index (χ1n) is 12.0. The summed E-state index contributed by atoms with van der Waals surface area (Å²) >= 11 is 0. The number of aryl methyl sites for hydroxylation is 1. The molecule has 0 radical (unpaired) electrons. The third-order valence-corrected chi connectivity index (χ3v) is 6.07. The summed E-state index contributed by atoms with van der Waals surface area (Å²) < 4.78 is 0. The van der Waals surface area contributed by atoms with Gasteiger partial charge in [0.05, 0.1) is 24.7 Å². The Balaban J connectivity index is 1.54. The molecule has 184 valence electrons. The fraction of sp³-hybridized carbons (Fsp3) is 0.407. The molecular formula is C27H33N5O3. The highest BCUT2D eigenvalue weighted by atomic mass is 16.2. The van der Waals surface area contributed by atoms with Gasteiger partial charge in [0.1, 0.15) is 0 Å². The minimum absolute atomic E-state index is 0.00795. The maximum atomic E-state index is 13.1. The van der Waals surface area contributed by atoms with Crippen LogP contribution in [0.25, 0.3) is 0 Å². The normalized spacial score (nSPS) is 13.9. The maximum Gasteiger partial charge on any atom is 0.253 e. The average molecular weight is 476 g/mol. The summed E-state index contributed by atoms with van der Waals surface area (Å²) in [7, 11) is 0. The van der Waals surface area contributed by atoms with E-state index < -0.39 is 0 Å². The van der Waals surface area contributed by atoms with Gasteiger partial charge >= 0.3 is 0 Å². The van der Waals surface area contributed by atoms with E-state index in [2.05, 4.69) is 22.0 Å². The predicted molar refractivity (Wildman–Crippen MR) is 135 cm³/mol. The van der Waals surface area contributed by atoms with Gasteiger partial charge in [-0.15, -0.1) is 0 Å². The number of hydrogen-bond acceptors (Lipinski definition) is 5. The zero-order chi connectivity index (χ0) is 25.4. The number of nitriles is 1. The number of amides is 3. The van der Waals surface area contributed by atoms with Crippen molar-refractivity contribution in [3.63, 3.8) is 0 Å². The zero-order valence-electron chi connectivity index (χ0n) is 20.6. The Kier molecular flexibility index (Phi) is 8.98. The van der Waals surface area contributed by atoms with E-state index in [-0.39, 0.29) is 36.9 Å². The highest BCUT2D eigenvalue weighted by Crippen LogP contribution is 2.29. The Morgan fingerprint density at radius 1 is 1.03 bits per heavy atom. The third kappa shape index (κ3) is 7.39. The number of nitrogens with one attached hydrogen (secondary N) is 3. The van der Waals surface area contributed by atoms with Crippen molar-refractivity contribution in [1.29, 1.82) is 5.26 Å². The summed E-state index contributed by atoms with van der Waals surface area (Å²) in [6.45, 7) is 6.98. The molecule has 8 heteroatoms. The van der Waals surface area contributed by atoms with Crippen LogP contribution in [0.2, 0.25) is 0 Å². The van der Waals surface area contributed by atoms with Gasteiger partial charge in [-0.3, -0.25) is 19.7 Å². The van der Waals surface area contributed by atoms with Crippen molar-refractivity contribution in [2.75, 3.05) is 31.5 Å². The van der Waals surface area contributed by atoms with Gasteiger partial charge in [0.15, 0.2) is 0 Å². The molecule has 2 aromatic carbocycles. The van der Waals surface area contributed by atoms with Gasteiger partial charge in [0, 0.05) is 30.4 Å². The number of likely N-dealkylation sites (tertiary alicyclic amines) is 1. The Labute approximate surface area is 206 Å². The molecule has 2 aromatic rings. The lowest BCUT2D eigenvalue weighted by Gasteiger charge is -2.32. The largest absolute Gasteiger partial charge is 0.353 e. The van der Waals surface area contributed by atoms with Crippen LogP contribution in [-0.4, -0.2) is 54.8 Å². The van der Waals surface area contributed by atoms with E-state index in [1.807, 2.05) is 56.0 Å². The van der Waals surface area contributed by atoms with Gasteiger partial charge in [-0.25, -0.2) is 0 Å². The standard InChI is InChI=1S/C27H33N5O3/c1-18(2)30-25(33)16-29-17-26(34)31-24-14-23(7-4-19(24)3)27(35)32-12-10-22(11-13-32)21-8-5-20(15-28)6-9-21/h4-9,14,18,22,29H,10-13,16-17H2,1-3H3,(H,30,33)(H,31,34). The summed E-state index contributed by atoms with van der Waals surface area (Å²) in [5.74, 6) is -0.130. The number of hydrogen-bond donors (Lipinski definition) is 3. The maximum absolute atomic E-state index is 13.1. The lowest BCUT2D eigenvalue weighted by molar-refractivity contribution is -0.120. The van der Waals surface area contributed by atoms with Crippen molar-refractivity contribution in [2.45, 2.75) is 45.6 Å². The van der Waals surface area contributed by atoms with Crippen LogP contribution in [0.15, 0.2) is 42.5 Å². The molecule has 1 fully saturated rings. The quantitative estimate of drug-likeness (QED) is 0.543. The predicted octanol–water partition coefficient (Wildman–Crippen LogP) is 2.94. The second kappa shape index (κ2) is 12.1. The molecule has 0 aromatic heterocycles. The first-order chi connectivity index (χ1) is 16.8. The topological polar surface area (TPSA) is 114 Å². The average Bonchev–Trinajstić information content (AvgIpc) is 2.84. The smallest absolute Gasteiger partial charge is 0.253 e. The molecule has 0 spiro atoms. The molecule has 0 saturated carbocycles. The second-order valence-corrected chi connectivity index (χ2v) is 9.20. The van der Waals surface area contributed by atoms with E-state index in [1.54, 1.807) is 12.1 Å². The van der Waals surface area contributed by atoms with Gasteiger partial charge in [0.25, 0.3) is 5.91 Å². The van der Waals surface area contributed by atoms with Crippen LogP contribution in [0.1, 0.15) is 59.7 Å². The summed E-state index contributed by atoms with van der Waals surface area (Å²) in [4.78, 5) is 39.0. The number of anilines is 1. The Bertz CT molecular complexity index is 1100. The molecule has 8 nitrogen and oxygen atoms in total. The van der Waals surface area contributed by atoms with E-state index in [4.69, 9.17) is 5.26 Å². The summed E-state index contributed by atoms with van der Waals surface area (Å²) in [6.07, 6.45) is 1.73. The zero-order valence-corrected chi connectivity index (χ0v) is 20.6. The van der Waals surface area contributed by atoms with Gasteiger partial charge < -0.3 is 15.5 Å². The Hall–Kier alpha value is -3.70. The number of piperidine rings is 1. The number of rotatable bonds is 8. The van der Waals surface area contributed by atoms with E-state index in [9.17, 15) is 14.4 Å². The molecule has 0 atom stereocenters. The fourth-order valence-corrected chi connectivity index (χ4v) is 4.17. The van der Waals surface area contributed by atoms with Crippen molar-refractivity contribution in [2.24, 2.45) is 0 Å². The molecule has 3 N–H and O–H groups in total. The van der Waals surface area contributed by atoms with E-state index >= 15 is 0 Å². The van der Waals surface area contributed by atoms with Gasteiger partial charge in [-0.1, -0.05) is 18.2 Å². The summed E-state index contributed by atoms with van der Waals surface area (Å²) in [5, 5.41) is 17.4. The highest BCUT2D eigenvalue weighted by Gasteiger charge is 2.25. The molecule has 1 aliphatic rings. The number of nitrogens with zero attached hydrogens (tertiary/aromatic N) is 2. The lowest BCUT2D eigenvalue weighted by atomic mass is 9.89. The molecular weight excluding hydrogens is 442 g/mol. The third-order valence-electron chi connectivity index (χ3n) is 6.07. The molecule has 0 bridgehead atoms. The van der Waals surface area contributed by atoms with Crippen molar-refractivity contribution in [1.82, 2.24) is 15.5 Å². The first-order valence-corrected chi connectivity index (χ1v) is 12.0. The summed E-state index contributed by atoms with van der Waals surface area (Å²) in [5.41, 5.74) is 3.82. The monoisotopic (exact) mass is 475 g/mol. The van der Waals surface area contributed by atoms with Crippen LogP contribution < -0.4 is 16.0 Å². The minimum Gasteiger partial charge on any atom is -0.353 e. The van der Waals surface area contributed by atoms with Crippen LogP contribution in [0, 0.1) is 18.3 Å². The molecule has 1 heterocycles. The highest BCUT2D eigenvalue weighted by molar-refractivity contribution is 5.98. The molecule has 35 heavy (non-hydrogen) atoms. The van der Waals surface area contributed by atoms with Crippen LogP contribution >= 0.6 is 0 Å². The summed E-state index contributed by atoms with van der Waals surface area (Å²) in [6, 6.07) is 15.2. The van der Waals surface area contributed by atoms with Crippen molar-refractivity contribution < 1.29 is 14.4 Å². The van der Waals surface area contributed by atoms with Crippen LogP contribution in [0.5, 0.6) is 0 Å². The van der Waals surface area contributed by atoms with Gasteiger partial charge in [-0.2, -0.15) is 5.26 Å². The number of carbonyl (C=O) groups excluding carboxylic acids is 3. The molecule has 3 amide bonds. The molecule has 0 unspecified atom stereocenters. The lowest BCUT2D eigenvalue weighted by Crippen LogP contribution is -2.40. The van der Waals surface area contributed by atoms with Crippen molar-refractivity contribution in [3.8, 4) is 6.07 Å². The van der Waals surface area contributed by atoms with Gasteiger partial charge in [0.2, 0.25) is 11.8 Å². The number of benzene rings is 2. The van der Waals surface area contributed by atoms with E-state index in [0.29, 0.717) is 35.8 Å². The van der Waals surface area contributed by atoms with Gasteiger partial charge in [-0.05, 0) is 74.9 Å². The second-order valence-electron chi connectivity index (χ2n) is 9.20. The fourth-order valence-electron chi connectivity index (χ4n) is 4.17.